The molecule has 0 aliphatic heterocycles. The molecule has 0 aliphatic rings. The summed E-state index contributed by atoms with van der Waals surface area (Å²) in [5.74, 6) is 0.628. The van der Waals surface area contributed by atoms with Gasteiger partial charge in [-0.1, -0.05) is 53.8 Å². The molecule has 0 fully saturated rings. The molecular weight excluding hydrogens is 418 g/mol. The fraction of sp³-hybridized carbons (Fsp3) is 0.115. The lowest BCUT2D eigenvalue weighted by molar-refractivity contribution is 0.0985. The van der Waals surface area contributed by atoms with Crippen LogP contribution in [0.25, 0.3) is 21.0 Å². The zero-order valence-electron chi connectivity index (χ0n) is 17.6. The van der Waals surface area contributed by atoms with E-state index in [0.717, 1.165) is 32.3 Å². The van der Waals surface area contributed by atoms with Gasteiger partial charge < -0.3 is 4.74 Å². The summed E-state index contributed by atoms with van der Waals surface area (Å²) in [6.45, 7) is 2.88. The van der Waals surface area contributed by atoms with E-state index in [1.54, 1.807) is 17.3 Å². The molecule has 0 unspecified atom stereocenters. The molecule has 32 heavy (non-hydrogen) atoms. The van der Waals surface area contributed by atoms with E-state index in [4.69, 9.17) is 9.72 Å². The highest BCUT2D eigenvalue weighted by atomic mass is 32.1. The molecular formula is C26H21N3O2S. The minimum absolute atomic E-state index is 0.100. The molecule has 1 amide bonds. The zero-order chi connectivity index (χ0) is 21.9. The van der Waals surface area contributed by atoms with Crippen molar-refractivity contribution in [2.45, 2.75) is 13.5 Å². The number of pyridine rings is 1. The summed E-state index contributed by atoms with van der Waals surface area (Å²) in [5.41, 5.74) is 2.33. The van der Waals surface area contributed by atoms with Gasteiger partial charge in [-0.25, -0.2) is 4.98 Å². The van der Waals surface area contributed by atoms with E-state index < -0.39 is 0 Å². The lowest BCUT2D eigenvalue weighted by Crippen LogP contribution is -2.30. The van der Waals surface area contributed by atoms with Gasteiger partial charge in [0.25, 0.3) is 5.91 Å². The van der Waals surface area contributed by atoms with E-state index >= 15 is 0 Å². The van der Waals surface area contributed by atoms with Crippen LogP contribution >= 0.6 is 11.3 Å². The first-order valence-electron chi connectivity index (χ1n) is 10.4. The van der Waals surface area contributed by atoms with Crippen LogP contribution in [0.1, 0.15) is 22.8 Å². The standard InChI is InChI=1S/C26H21N3O2S/c1-2-31-22-10-5-11-23-24(22)28-26(32-23)29(17-18-7-6-14-27-16-18)25(30)21-13-12-19-8-3-4-9-20(19)15-21/h3-16H,2,17H2,1H3. The smallest absolute Gasteiger partial charge is 0.260 e. The summed E-state index contributed by atoms with van der Waals surface area (Å²) < 4.78 is 6.73. The van der Waals surface area contributed by atoms with Gasteiger partial charge >= 0.3 is 0 Å². The number of hydrogen-bond donors (Lipinski definition) is 0. The van der Waals surface area contributed by atoms with E-state index in [1.807, 2.05) is 79.7 Å². The Balaban J connectivity index is 1.59. The average molecular weight is 440 g/mol. The second-order valence-corrected chi connectivity index (χ2v) is 8.36. The van der Waals surface area contributed by atoms with Crippen molar-refractivity contribution in [2.24, 2.45) is 0 Å². The zero-order valence-corrected chi connectivity index (χ0v) is 18.4. The average Bonchev–Trinajstić information content (AvgIpc) is 3.28. The number of aromatic nitrogens is 2. The number of para-hydroxylation sites is 1. The van der Waals surface area contributed by atoms with Crippen molar-refractivity contribution < 1.29 is 9.53 Å². The van der Waals surface area contributed by atoms with Crippen molar-refractivity contribution in [3.63, 3.8) is 0 Å². The van der Waals surface area contributed by atoms with Crippen LogP contribution in [-0.4, -0.2) is 22.5 Å². The molecule has 0 aliphatic carbocycles. The van der Waals surface area contributed by atoms with Gasteiger partial charge in [0.05, 0.1) is 17.9 Å². The van der Waals surface area contributed by atoms with Crippen molar-refractivity contribution in [1.29, 1.82) is 0 Å². The van der Waals surface area contributed by atoms with Crippen LogP contribution in [-0.2, 0) is 6.54 Å². The third-order valence-electron chi connectivity index (χ3n) is 5.21. The number of hydrogen-bond acceptors (Lipinski definition) is 5. The van der Waals surface area contributed by atoms with E-state index in [1.165, 1.54) is 11.3 Å². The Kier molecular flexibility index (Phi) is 5.52. The Morgan fingerprint density at radius 2 is 1.88 bits per heavy atom. The van der Waals surface area contributed by atoms with Crippen molar-refractivity contribution in [1.82, 2.24) is 9.97 Å². The van der Waals surface area contributed by atoms with E-state index in [9.17, 15) is 4.79 Å². The molecule has 0 N–H and O–H groups in total. The van der Waals surface area contributed by atoms with Gasteiger partial charge in [-0.2, -0.15) is 0 Å². The van der Waals surface area contributed by atoms with Gasteiger partial charge in [0, 0.05) is 18.0 Å². The molecule has 0 saturated heterocycles. The molecule has 6 heteroatoms. The topological polar surface area (TPSA) is 55.3 Å². The fourth-order valence-electron chi connectivity index (χ4n) is 3.68. The van der Waals surface area contributed by atoms with E-state index in [0.29, 0.717) is 23.8 Å². The molecule has 158 valence electrons. The van der Waals surface area contributed by atoms with Crippen molar-refractivity contribution in [2.75, 3.05) is 11.5 Å². The van der Waals surface area contributed by atoms with Crippen LogP contribution < -0.4 is 9.64 Å². The molecule has 5 aromatic rings. The predicted molar refractivity (Wildman–Crippen MR) is 129 cm³/mol. The SMILES string of the molecule is CCOc1cccc2sc(N(Cc3cccnc3)C(=O)c3ccc4ccccc4c3)nc12. The Hall–Kier alpha value is -3.77. The summed E-state index contributed by atoms with van der Waals surface area (Å²) in [4.78, 5) is 24.5. The summed E-state index contributed by atoms with van der Waals surface area (Å²) >= 11 is 1.48. The van der Waals surface area contributed by atoms with E-state index in [2.05, 4.69) is 4.98 Å². The largest absolute Gasteiger partial charge is 0.492 e. The number of carbonyl (C=O) groups excluding carboxylic acids is 1. The number of nitrogens with zero attached hydrogens (tertiary/aromatic N) is 3. The third-order valence-corrected chi connectivity index (χ3v) is 6.25. The molecule has 2 aromatic heterocycles. The first-order chi connectivity index (χ1) is 15.7. The lowest BCUT2D eigenvalue weighted by Gasteiger charge is -2.20. The van der Waals surface area contributed by atoms with Crippen LogP contribution in [0, 0.1) is 0 Å². The Bertz CT molecular complexity index is 1400. The number of rotatable bonds is 6. The number of fused-ring (bicyclic) bond motifs is 2. The van der Waals surface area contributed by atoms with Crippen LogP contribution in [0.15, 0.2) is 85.2 Å². The maximum absolute atomic E-state index is 13.7. The Morgan fingerprint density at radius 1 is 1.00 bits per heavy atom. The summed E-state index contributed by atoms with van der Waals surface area (Å²) in [5, 5.41) is 2.76. The molecule has 0 spiro atoms. The summed E-state index contributed by atoms with van der Waals surface area (Å²) in [7, 11) is 0. The fourth-order valence-corrected chi connectivity index (χ4v) is 4.66. The number of benzene rings is 3. The van der Waals surface area contributed by atoms with Crippen LogP contribution in [0.4, 0.5) is 5.13 Å². The first-order valence-corrected chi connectivity index (χ1v) is 11.3. The summed E-state index contributed by atoms with van der Waals surface area (Å²) in [6, 6.07) is 23.5. The third kappa shape index (κ3) is 3.92. The van der Waals surface area contributed by atoms with Gasteiger partial charge in [-0.05, 0) is 53.6 Å². The number of thiazole rings is 1. The van der Waals surface area contributed by atoms with Crippen LogP contribution in [0.5, 0.6) is 5.75 Å². The molecule has 0 atom stereocenters. The lowest BCUT2D eigenvalue weighted by atomic mass is 10.1. The molecule has 0 saturated carbocycles. The van der Waals surface area contributed by atoms with Crippen LogP contribution in [0.3, 0.4) is 0 Å². The number of amides is 1. The highest BCUT2D eigenvalue weighted by Crippen LogP contribution is 2.35. The number of carbonyl (C=O) groups is 1. The predicted octanol–water partition coefficient (Wildman–Crippen LogP) is 6.09. The van der Waals surface area contributed by atoms with Crippen LogP contribution in [0.2, 0.25) is 0 Å². The molecule has 2 heterocycles. The minimum atomic E-state index is -0.100. The minimum Gasteiger partial charge on any atom is -0.492 e. The van der Waals surface area contributed by atoms with Gasteiger partial charge in [0.15, 0.2) is 5.13 Å². The van der Waals surface area contributed by atoms with E-state index in [-0.39, 0.29) is 5.91 Å². The van der Waals surface area contributed by atoms with Gasteiger partial charge in [-0.3, -0.25) is 14.7 Å². The highest BCUT2D eigenvalue weighted by Gasteiger charge is 2.23. The highest BCUT2D eigenvalue weighted by molar-refractivity contribution is 7.22. The quantitative estimate of drug-likeness (QED) is 0.321. The number of anilines is 1. The molecule has 5 nitrogen and oxygen atoms in total. The second kappa shape index (κ2) is 8.77. The maximum atomic E-state index is 13.7. The van der Waals surface area contributed by atoms with Gasteiger partial charge in [0.1, 0.15) is 11.3 Å². The molecule has 0 radical (unpaired) electrons. The normalized spacial score (nSPS) is 11.0. The van der Waals surface area contributed by atoms with Crippen molar-refractivity contribution in [3.8, 4) is 5.75 Å². The molecule has 5 rings (SSSR count). The Labute approximate surface area is 189 Å². The monoisotopic (exact) mass is 439 g/mol. The van der Waals surface area contributed by atoms with Gasteiger partial charge in [-0.15, -0.1) is 0 Å². The summed E-state index contributed by atoms with van der Waals surface area (Å²) in [6.07, 6.45) is 3.50. The maximum Gasteiger partial charge on any atom is 0.260 e. The first kappa shape index (κ1) is 20.2. The molecule has 0 bridgehead atoms. The van der Waals surface area contributed by atoms with Crippen molar-refractivity contribution >= 4 is 43.4 Å². The Morgan fingerprint density at radius 3 is 2.69 bits per heavy atom. The second-order valence-electron chi connectivity index (χ2n) is 7.35. The van der Waals surface area contributed by atoms with Gasteiger partial charge in [0.2, 0.25) is 0 Å². The molecule has 3 aromatic carbocycles. The van der Waals surface area contributed by atoms with Crippen molar-refractivity contribution in [3.05, 3.63) is 96.3 Å². The number of ether oxygens (including phenoxy) is 1.